The van der Waals surface area contributed by atoms with Crippen LogP contribution in [0.1, 0.15) is 35.6 Å². The van der Waals surface area contributed by atoms with Crippen LogP contribution in [0.25, 0.3) is 0 Å². The molecule has 0 bridgehead atoms. The molecular weight excluding hydrogens is 312 g/mol. The highest BCUT2D eigenvalue weighted by molar-refractivity contribution is 5.96. The highest BCUT2D eigenvalue weighted by Gasteiger charge is 2.22. The van der Waals surface area contributed by atoms with Crippen LogP contribution in [0.2, 0.25) is 0 Å². The van der Waals surface area contributed by atoms with Gasteiger partial charge in [0, 0.05) is 24.8 Å². The van der Waals surface area contributed by atoms with Gasteiger partial charge >= 0.3 is 0 Å². The van der Waals surface area contributed by atoms with Gasteiger partial charge in [-0.15, -0.1) is 0 Å². The Hall–Kier alpha value is -2.62. The number of aryl methyl sites for hydroxylation is 2. The molecule has 128 valence electrons. The molecule has 25 heavy (non-hydrogen) atoms. The Morgan fingerprint density at radius 3 is 2.68 bits per heavy atom. The second-order valence-electron chi connectivity index (χ2n) is 6.95. The number of carbonyl (C=O) groups excluding carboxylic acids is 2. The lowest BCUT2D eigenvalue weighted by molar-refractivity contribution is -0.117. The van der Waals surface area contributed by atoms with Crippen molar-refractivity contribution in [3.63, 3.8) is 0 Å². The molecule has 0 spiro atoms. The van der Waals surface area contributed by atoms with Crippen LogP contribution >= 0.6 is 0 Å². The lowest BCUT2D eigenvalue weighted by atomic mass is 10.0. The molecule has 1 aliphatic carbocycles. The van der Waals surface area contributed by atoms with Crippen LogP contribution in [0.5, 0.6) is 0 Å². The van der Waals surface area contributed by atoms with Crippen LogP contribution < -0.4 is 10.2 Å². The minimum atomic E-state index is -0.000632. The fourth-order valence-electron chi connectivity index (χ4n) is 3.93. The topological polar surface area (TPSA) is 49.4 Å². The van der Waals surface area contributed by atoms with E-state index in [1.165, 1.54) is 17.5 Å². The predicted molar refractivity (Wildman–Crippen MR) is 99.0 cm³/mol. The van der Waals surface area contributed by atoms with E-state index in [0.717, 1.165) is 48.3 Å². The van der Waals surface area contributed by atoms with Crippen molar-refractivity contribution in [1.29, 1.82) is 0 Å². The smallest absolute Gasteiger partial charge is 0.228 e. The molecule has 0 saturated carbocycles. The van der Waals surface area contributed by atoms with Gasteiger partial charge in [0.05, 0.1) is 6.42 Å². The van der Waals surface area contributed by atoms with Gasteiger partial charge in [0.2, 0.25) is 11.8 Å². The van der Waals surface area contributed by atoms with E-state index < -0.39 is 0 Å². The highest BCUT2D eigenvalue weighted by Crippen LogP contribution is 2.30. The number of hydrogen-bond acceptors (Lipinski definition) is 2. The molecule has 2 aromatic rings. The first kappa shape index (κ1) is 15.9. The van der Waals surface area contributed by atoms with Crippen LogP contribution in [-0.4, -0.2) is 18.4 Å². The minimum absolute atomic E-state index is 0.000632. The summed E-state index contributed by atoms with van der Waals surface area (Å²) in [4.78, 5) is 25.8. The quantitative estimate of drug-likeness (QED) is 0.936. The number of carbonyl (C=O) groups is 2. The summed E-state index contributed by atoms with van der Waals surface area (Å²) >= 11 is 0. The summed E-state index contributed by atoms with van der Waals surface area (Å²) < 4.78 is 0. The van der Waals surface area contributed by atoms with Crippen LogP contribution in [0.3, 0.4) is 0 Å². The number of benzene rings is 2. The number of rotatable bonds is 3. The Labute approximate surface area is 147 Å². The normalized spacial score (nSPS) is 15.0. The summed E-state index contributed by atoms with van der Waals surface area (Å²) in [6, 6.07) is 12.2. The summed E-state index contributed by atoms with van der Waals surface area (Å²) in [6.07, 6.45) is 4.74. The van der Waals surface area contributed by atoms with E-state index in [0.29, 0.717) is 6.42 Å². The van der Waals surface area contributed by atoms with E-state index >= 15 is 0 Å². The van der Waals surface area contributed by atoms with E-state index in [4.69, 9.17) is 0 Å². The van der Waals surface area contributed by atoms with Gasteiger partial charge in [0.1, 0.15) is 0 Å². The largest absolute Gasteiger partial charge is 0.326 e. The lowest BCUT2D eigenvalue weighted by Crippen LogP contribution is -2.25. The van der Waals surface area contributed by atoms with Crippen LogP contribution in [0, 0.1) is 0 Å². The van der Waals surface area contributed by atoms with Gasteiger partial charge in [0.25, 0.3) is 0 Å². The van der Waals surface area contributed by atoms with E-state index in [1.54, 1.807) is 11.8 Å². The average molecular weight is 334 g/mol. The van der Waals surface area contributed by atoms with Gasteiger partial charge in [-0.05, 0) is 66.1 Å². The molecule has 4 rings (SSSR count). The third-order valence-corrected chi connectivity index (χ3v) is 5.17. The molecule has 1 heterocycles. The Balaban J connectivity index is 1.44. The number of nitrogens with one attached hydrogen (secondary N) is 1. The number of amides is 2. The first-order valence-corrected chi connectivity index (χ1v) is 8.92. The average Bonchev–Trinajstić information content (AvgIpc) is 3.20. The molecule has 0 saturated heterocycles. The summed E-state index contributed by atoms with van der Waals surface area (Å²) in [7, 11) is 0. The van der Waals surface area contributed by atoms with Crippen molar-refractivity contribution in [1.82, 2.24) is 0 Å². The van der Waals surface area contributed by atoms with Crippen LogP contribution in [0.15, 0.2) is 36.4 Å². The molecule has 0 unspecified atom stereocenters. The summed E-state index contributed by atoms with van der Waals surface area (Å²) in [6.45, 7) is 2.30. The molecule has 4 heteroatoms. The van der Waals surface area contributed by atoms with Gasteiger partial charge in [-0.2, -0.15) is 0 Å². The van der Waals surface area contributed by atoms with Gasteiger partial charge in [-0.25, -0.2) is 0 Å². The zero-order chi connectivity index (χ0) is 17.4. The molecule has 2 aromatic carbocycles. The van der Waals surface area contributed by atoms with Gasteiger partial charge in [-0.1, -0.05) is 18.2 Å². The van der Waals surface area contributed by atoms with Crippen LogP contribution in [0.4, 0.5) is 11.4 Å². The third kappa shape index (κ3) is 3.16. The van der Waals surface area contributed by atoms with Crippen LogP contribution in [-0.2, 0) is 35.3 Å². The Kier molecular flexibility index (Phi) is 4.04. The van der Waals surface area contributed by atoms with Crippen molar-refractivity contribution in [3.8, 4) is 0 Å². The Morgan fingerprint density at radius 1 is 1.00 bits per heavy atom. The second-order valence-corrected chi connectivity index (χ2v) is 6.95. The fraction of sp³-hybridized carbons (Fsp3) is 0.333. The molecule has 1 N–H and O–H groups in total. The highest BCUT2D eigenvalue weighted by atomic mass is 16.2. The van der Waals surface area contributed by atoms with Gasteiger partial charge in [0.15, 0.2) is 0 Å². The zero-order valence-electron chi connectivity index (χ0n) is 14.5. The van der Waals surface area contributed by atoms with Crippen molar-refractivity contribution in [2.24, 2.45) is 0 Å². The standard InChI is InChI=1S/C21H22N2O2/c1-14(24)23-10-9-18-13-19(7-8-20(18)23)22-21(25)12-15-5-6-16-3-2-4-17(16)11-15/h5-8,11,13H,2-4,9-10,12H2,1H3,(H,22,25). The maximum Gasteiger partial charge on any atom is 0.228 e. The second kappa shape index (κ2) is 6.36. The number of nitrogens with zero attached hydrogens (tertiary/aromatic N) is 1. The summed E-state index contributed by atoms with van der Waals surface area (Å²) in [5.41, 5.74) is 6.77. The maximum absolute atomic E-state index is 12.4. The fourth-order valence-corrected chi connectivity index (χ4v) is 3.93. The Morgan fingerprint density at radius 2 is 1.84 bits per heavy atom. The van der Waals surface area contributed by atoms with E-state index in [1.807, 2.05) is 18.2 Å². The van der Waals surface area contributed by atoms with Gasteiger partial charge < -0.3 is 10.2 Å². The SMILES string of the molecule is CC(=O)N1CCc2cc(NC(=O)Cc3ccc4c(c3)CCC4)ccc21. The molecule has 4 nitrogen and oxygen atoms in total. The molecule has 2 aliphatic rings. The monoisotopic (exact) mass is 334 g/mol. The number of anilines is 2. The molecule has 2 amide bonds. The first-order valence-electron chi connectivity index (χ1n) is 8.92. The molecule has 0 aromatic heterocycles. The predicted octanol–water partition coefficient (Wildman–Crippen LogP) is 3.27. The summed E-state index contributed by atoms with van der Waals surface area (Å²) in [5, 5.41) is 2.99. The van der Waals surface area contributed by atoms with Crippen molar-refractivity contribution in [2.75, 3.05) is 16.8 Å². The van der Waals surface area contributed by atoms with E-state index in [-0.39, 0.29) is 11.8 Å². The maximum atomic E-state index is 12.4. The van der Waals surface area contributed by atoms with E-state index in [9.17, 15) is 9.59 Å². The minimum Gasteiger partial charge on any atom is -0.326 e. The van der Waals surface area contributed by atoms with Gasteiger partial charge in [-0.3, -0.25) is 9.59 Å². The van der Waals surface area contributed by atoms with Crippen molar-refractivity contribution in [2.45, 2.75) is 39.0 Å². The van der Waals surface area contributed by atoms with Crippen molar-refractivity contribution < 1.29 is 9.59 Å². The zero-order valence-corrected chi connectivity index (χ0v) is 14.5. The molecule has 1 aliphatic heterocycles. The Bertz CT molecular complexity index is 857. The molecular formula is C21H22N2O2. The number of fused-ring (bicyclic) bond motifs is 2. The third-order valence-electron chi connectivity index (χ3n) is 5.17. The lowest BCUT2D eigenvalue weighted by Gasteiger charge is -2.15. The van der Waals surface area contributed by atoms with E-state index in [2.05, 4.69) is 23.5 Å². The molecule has 0 fully saturated rings. The van der Waals surface area contributed by atoms with Crippen molar-refractivity contribution >= 4 is 23.2 Å². The number of hydrogen-bond donors (Lipinski definition) is 1. The molecule has 0 radical (unpaired) electrons. The molecule has 0 atom stereocenters. The van der Waals surface area contributed by atoms with Crippen molar-refractivity contribution in [3.05, 3.63) is 58.7 Å². The summed E-state index contributed by atoms with van der Waals surface area (Å²) in [5.74, 6) is 0.0615. The first-order chi connectivity index (χ1) is 12.1.